The summed E-state index contributed by atoms with van der Waals surface area (Å²) in [6, 6.07) is 25.8. The second-order valence-electron chi connectivity index (χ2n) is 9.82. The number of fused-ring (bicyclic) bond motifs is 2. The number of aromatic amines is 2. The van der Waals surface area contributed by atoms with Gasteiger partial charge in [-0.1, -0.05) is 42.5 Å². The van der Waals surface area contributed by atoms with Crippen LogP contribution in [-0.4, -0.2) is 35.2 Å². The molecule has 200 valence electrons. The predicted octanol–water partition coefficient (Wildman–Crippen LogP) is 6.36. The SMILES string of the molecule is Oc1cc(F)cc(-c2cccc3[nH]c(-c4n[nH]c5ccc(-c6cncc(CNCc7ccccc7)c6)nc45)nc23)c1. The molecule has 0 aliphatic heterocycles. The molecule has 0 spiro atoms. The standard InChI is InChI=1S/C32H24FN7O/c33-23-12-21(13-24(41)14-23)25-7-4-8-27-29(25)38-32(37-27)31-30-28(39-40-31)10-9-26(36-30)22-11-20(17-35-18-22)16-34-15-19-5-2-1-3-6-19/h1-14,17-18,34,41H,15-16H2,(H,37,38)(H,39,40). The maximum atomic E-state index is 14.0. The van der Waals surface area contributed by atoms with Crippen molar-refractivity contribution in [2.75, 3.05) is 0 Å². The normalized spacial score (nSPS) is 11.4. The van der Waals surface area contributed by atoms with Gasteiger partial charge in [-0.2, -0.15) is 5.10 Å². The van der Waals surface area contributed by atoms with Crippen molar-refractivity contribution in [3.8, 4) is 39.7 Å². The van der Waals surface area contributed by atoms with Gasteiger partial charge in [0, 0.05) is 42.7 Å². The van der Waals surface area contributed by atoms with Crippen LogP contribution in [0.15, 0.2) is 97.3 Å². The van der Waals surface area contributed by atoms with E-state index < -0.39 is 5.82 Å². The van der Waals surface area contributed by atoms with E-state index in [0.717, 1.165) is 40.5 Å². The molecule has 0 unspecified atom stereocenters. The van der Waals surface area contributed by atoms with Gasteiger partial charge in [-0.15, -0.1) is 0 Å². The van der Waals surface area contributed by atoms with Crippen molar-refractivity contribution in [1.82, 2.24) is 35.5 Å². The number of para-hydroxylation sites is 1. The molecule has 0 fully saturated rings. The summed E-state index contributed by atoms with van der Waals surface area (Å²) in [7, 11) is 0. The number of phenolic OH excluding ortho intramolecular Hbond substituents is 1. The van der Waals surface area contributed by atoms with Crippen LogP contribution >= 0.6 is 0 Å². The molecule has 0 radical (unpaired) electrons. The minimum Gasteiger partial charge on any atom is -0.508 e. The number of imidazole rings is 1. The number of benzene rings is 3. The highest BCUT2D eigenvalue weighted by Gasteiger charge is 2.17. The lowest BCUT2D eigenvalue weighted by Gasteiger charge is -2.07. The molecule has 0 bridgehead atoms. The second kappa shape index (κ2) is 10.3. The Balaban J connectivity index is 1.21. The molecule has 41 heavy (non-hydrogen) atoms. The summed E-state index contributed by atoms with van der Waals surface area (Å²) >= 11 is 0. The van der Waals surface area contributed by atoms with Gasteiger partial charge in [-0.05, 0) is 53.1 Å². The van der Waals surface area contributed by atoms with Gasteiger partial charge in [0.25, 0.3) is 0 Å². The van der Waals surface area contributed by atoms with Crippen molar-refractivity contribution >= 4 is 22.1 Å². The quantitative estimate of drug-likeness (QED) is 0.187. The third-order valence-corrected chi connectivity index (χ3v) is 6.93. The zero-order valence-corrected chi connectivity index (χ0v) is 21.8. The van der Waals surface area contributed by atoms with E-state index in [-0.39, 0.29) is 5.75 Å². The molecule has 0 saturated heterocycles. The molecule has 0 amide bonds. The van der Waals surface area contributed by atoms with Crippen LogP contribution in [0.4, 0.5) is 4.39 Å². The van der Waals surface area contributed by atoms with E-state index >= 15 is 0 Å². The number of H-pyrrole nitrogens is 2. The van der Waals surface area contributed by atoms with Gasteiger partial charge in [0.05, 0.1) is 22.2 Å². The summed E-state index contributed by atoms with van der Waals surface area (Å²) in [4.78, 5) is 17.5. The molecule has 8 nitrogen and oxygen atoms in total. The average molecular weight is 542 g/mol. The van der Waals surface area contributed by atoms with Crippen molar-refractivity contribution in [3.63, 3.8) is 0 Å². The van der Waals surface area contributed by atoms with Crippen molar-refractivity contribution in [2.24, 2.45) is 0 Å². The number of halogens is 1. The van der Waals surface area contributed by atoms with Crippen molar-refractivity contribution < 1.29 is 9.50 Å². The Bertz CT molecular complexity index is 2000. The third kappa shape index (κ3) is 4.90. The zero-order chi connectivity index (χ0) is 27.8. The average Bonchev–Trinajstić information content (AvgIpc) is 3.61. The van der Waals surface area contributed by atoms with Crippen molar-refractivity contribution in [3.05, 3.63) is 114 Å². The molecule has 0 aliphatic rings. The van der Waals surface area contributed by atoms with E-state index in [1.54, 1.807) is 6.20 Å². The van der Waals surface area contributed by atoms with Gasteiger partial charge in [0.15, 0.2) is 11.5 Å². The van der Waals surface area contributed by atoms with Crippen LogP contribution in [0.25, 0.3) is 56.0 Å². The van der Waals surface area contributed by atoms with E-state index in [1.165, 1.54) is 17.7 Å². The van der Waals surface area contributed by atoms with E-state index in [1.807, 2.05) is 54.7 Å². The van der Waals surface area contributed by atoms with Crippen LogP contribution < -0.4 is 5.32 Å². The number of pyridine rings is 2. The minimum atomic E-state index is -0.520. The van der Waals surface area contributed by atoms with Gasteiger partial charge >= 0.3 is 0 Å². The van der Waals surface area contributed by atoms with Gasteiger partial charge in [0.1, 0.15) is 17.1 Å². The first kappa shape index (κ1) is 24.6. The number of aromatic hydroxyl groups is 1. The summed E-state index contributed by atoms with van der Waals surface area (Å²) in [5, 5.41) is 20.9. The molecule has 4 N–H and O–H groups in total. The zero-order valence-electron chi connectivity index (χ0n) is 21.8. The number of nitrogens with zero attached hydrogens (tertiary/aromatic N) is 4. The van der Waals surface area contributed by atoms with Gasteiger partial charge in [-0.25, -0.2) is 14.4 Å². The fourth-order valence-electron chi connectivity index (χ4n) is 5.00. The molecule has 7 aromatic rings. The molecule has 4 heterocycles. The highest BCUT2D eigenvalue weighted by atomic mass is 19.1. The summed E-state index contributed by atoms with van der Waals surface area (Å²) in [6.07, 6.45) is 3.66. The lowest BCUT2D eigenvalue weighted by molar-refractivity contribution is 0.469. The Hall–Kier alpha value is -5.41. The monoisotopic (exact) mass is 541 g/mol. The van der Waals surface area contributed by atoms with Gasteiger partial charge in [0.2, 0.25) is 0 Å². The first-order valence-corrected chi connectivity index (χ1v) is 13.1. The van der Waals surface area contributed by atoms with Gasteiger partial charge < -0.3 is 15.4 Å². The van der Waals surface area contributed by atoms with E-state index in [0.29, 0.717) is 40.2 Å². The van der Waals surface area contributed by atoms with Crippen LogP contribution in [-0.2, 0) is 13.1 Å². The molecule has 0 atom stereocenters. The number of rotatable bonds is 7. The fourth-order valence-corrected chi connectivity index (χ4v) is 5.00. The molecular formula is C32H24FN7O. The van der Waals surface area contributed by atoms with Gasteiger partial charge in [-0.3, -0.25) is 10.1 Å². The Labute approximate surface area is 234 Å². The summed E-state index contributed by atoms with van der Waals surface area (Å²) in [5.74, 6) is -0.136. The van der Waals surface area contributed by atoms with Crippen molar-refractivity contribution in [1.29, 1.82) is 0 Å². The summed E-state index contributed by atoms with van der Waals surface area (Å²) in [5.41, 5.74) is 8.57. The number of nitrogens with one attached hydrogen (secondary N) is 3. The molecule has 0 saturated carbocycles. The van der Waals surface area contributed by atoms with E-state index in [9.17, 15) is 9.50 Å². The first-order valence-electron chi connectivity index (χ1n) is 13.1. The second-order valence-corrected chi connectivity index (χ2v) is 9.82. The molecule has 3 aromatic carbocycles. The summed E-state index contributed by atoms with van der Waals surface area (Å²) in [6.45, 7) is 1.45. The largest absolute Gasteiger partial charge is 0.508 e. The van der Waals surface area contributed by atoms with Crippen LogP contribution in [0.3, 0.4) is 0 Å². The molecule has 0 aliphatic carbocycles. The van der Waals surface area contributed by atoms with Crippen LogP contribution in [0.2, 0.25) is 0 Å². The topological polar surface area (TPSA) is 115 Å². The lowest BCUT2D eigenvalue weighted by atomic mass is 10.0. The van der Waals surface area contributed by atoms with Crippen LogP contribution in [0.5, 0.6) is 5.75 Å². The predicted molar refractivity (Wildman–Crippen MR) is 156 cm³/mol. The number of phenols is 1. The molecule has 7 rings (SSSR count). The highest BCUT2D eigenvalue weighted by molar-refractivity contribution is 5.96. The third-order valence-electron chi connectivity index (χ3n) is 6.93. The molecule has 9 heteroatoms. The highest BCUT2D eigenvalue weighted by Crippen LogP contribution is 2.33. The fraction of sp³-hybridized carbons (Fsp3) is 0.0625. The number of aromatic nitrogens is 6. The van der Waals surface area contributed by atoms with Crippen LogP contribution in [0.1, 0.15) is 11.1 Å². The Morgan fingerprint density at radius 2 is 1.63 bits per heavy atom. The molecule has 4 aromatic heterocycles. The Morgan fingerprint density at radius 3 is 2.51 bits per heavy atom. The Morgan fingerprint density at radius 1 is 0.756 bits per heavy atom. The molecular weight excluding hydrogens is 517 g/mol. The minimum absolute atomic E-state index is 0.145. The van der Waals surface area contributed by atoms with E-state index in [2.05, 4.69) is 43.7 Å². The van der Waals surface area contributed by atoms with E-state index in [4.69, 9.17) is 9.97 Å². The number of hydrogen-bond donors (Lipinski definition) is 4. The van der Waals surface area contributed by atoms with Crippen LogP contribution in [0, 0.1) is 5.82 Å². The lowest BCUT2D eigenvalue weighted by Crippen LogP contribution is -2.12. The van der Waals surface area contributed by atoms with Crippen molar-refractivity contribution in [2.45, 2.75) is 13.1 Å². The maximum Gasteiger partial charge on any atom is 0.161 e. The number of hydrogen-bond acceptors (Lipinski definition) is 6. The first-order chi connectivity index (χ1) is 20.1. The smallest absolute Gasteiger partial charge is 0.161 e. The summed E-state index contributed by atoms with van der Waals surface area (Å²) < 4.78 is 14.0. The maximum absolute atomic E-state index is 14.0. The Kier molecular flexibility index (Phi) is 6.18.